The summed E-state index contributed by atoms with van der Waals surface area (Å²) in [6.07, 6.45) is 3.54. The quantitative estimate of drug-likeness (QED) is 0.841. The molecule has 0 aliphatic heterocycles. The molecule has 1 saturated carbocycles. The van der Waals surface area contributed by atoms with Crippen LogP contribution >= 0.6 is 11.6 Å². The third-order valence-electron chi connectivity index (χ3n) is 3.30. The van der Waals surface area contributed by atoms with Crippen LogP contribution in [-0.4, -0.2) is 13.2 Å². The first kappa shape index (κ1) is 12.7. The minimum Gasteiger partial charge on any atom is -0.492 e. The van der Waals surface area contributed by atoms with Crippen molar-refractivity contribution in [2.24, 2.45) is 11.7 Å². The van der Waals surface area contributed by atoms with E-state index >= 15 is 0 Å². The molecule has 1 aromatic rings. The number of halogens is 1. The van der Waals surface area contributed by atoms with Gasteiger partial charge in [-0.25, -0.2) is 0 Å². The Bertz CT molecular complexity index is 376. The van der Waals surface area contributed by atoms with Crippen molar-refractivity contribution in [2.75, 3.05) is 13.2 Å². The number of ether oxygens (including phenoxy) is 1. The van der Waals surface area contributed by atoms with Crippen LogP contribution in [0.5, 0.6) is 5.75 Å². The van der Waals surface area contributed by atoms with Gasteiger partial charge in [0.25, 0.3) is 0 Å². The van der Waals surface area contributed by atoms with Gasteiger partial charge in [0.15, 0.2) is 0 Å². The van der Waals surface area contributed by atoms with E-state index in [9.17, 15) is 0 Å². The second kappa shape index (κ2) is 5.74. The molecule has 0 spiro atoms. The van der Waals surface area contributed by atoms with Crippen LogP contribution in [0.25, 0.3) is 0 Å². The number of nitrogens with two attached hydrogens (primary N) is 1. The molecule has 17 heavy (non-hydrogen) atoms. The Kier molecular flexibility index (Phi) is 4.30. The Morgan fingerprint density at radius 2 is 2.24 bits per heavy atom. The van der Waals surface area contributed by atoms with Crippen LogP contribution in [0, 0.1) is 5.92 Å². The maximum atomic E-state index is 6.38. The van der Waals surface area contributed by atoms with Gasteiger partial charge in [-0.15, -0.1) is 0 Å². The molecular weight excluding hydrogens is 234 g/mol. The minimum atomic E-state index is 0.386. The highest BCUT2D eigenvalue weighted by atomic mass is 35.5. The fourth-order valence-corrected chi connectivity index (χ4v) is 2.28. The summed E-state index contributed by atoms with van der Waals surface area (Å²) in [6, 6.07) is 6.02. The molecule has 1 atom stereocenters. The van der Waals surface area contributed by atoms with Gasteiger partial charge in [-0.2, -0.15) is 0 Å². The van der Waals surface area contributed by atoms with E-state index in [2.05, 4.69) is 13.0 Å². The summed E-state index contributed by atoms with van der Waals surface area (Å²) in [5.74, 6) is 1.95. The van der Waals surface area contributed by atoms with Crippen molar-refractivity contribution >= 4 is 11.6 Å². The minimum absolute atomic E-state index is 0.386. The molecule has 2 rings (SSSR count). The van der Waals surface area contributed by atoms with E-state index in [1.807, 2.05) is 12.1 Å². The number of hydrogen-bond acceptors (Lipinski definition) is 2. The average Bonchev–Trinajstić information content (AvgIpc) is 3.12. The highest BCUT2D eigenvalue weighted by Crippen LogP contribution is 2.36. The molecule has 1 unspecified atom stereocenters. The molecule has 1 aliphatic carbocycles. The van der Waals surface area contributed by atoms with Crippen LogP contribution in [0.4, 0.5) is 0 Å². The molecule has 0 saturated heterocycles. The van der Waals surface area contributed by atoms with Crippen LogP contribution in [0.1, 0.15) is 37.7 Å². The van der Waals surface area contributed by atoms with Crippen LogP contribution in [0.3, 0.4) is 0 Å². The Hall–Kier alpha value is -0.730. The zero-order chi connectivity index (χ0) is 12.3. The topological polar surface area (TPSA) is 35.2 Å². The highest BCUT2D eigenvalue weighted by Gasteiger charge is 2.22. The van der Waals surface area contributed by atoms with Gasteiger partial charge in [-0.3, -0.25) is 0 Å². The Labute approximate surface area is 108 Å². The van der Waals surface area contributed by atoms with E-state index in [-0.39, 0.29) is 0 Å². The molecule has 1 aliphatic rings. The molecule has 1 fully saturated rings. The molecule has 3 heteroatoms. The number of hydrogen-bond donors (Lipinski definition) is 1. The average molecular weight is 254 g/mol. The molecule has 0 radical (unpaired) electrons. The Morgan fingerprint density at radius 3 is 2.88 bits per heavy atom. The second-order valence-corrected chi connectivity index (χ2v) is 5.27. The van der Waals surface area contributed by atoms with E-state index in [4.69, 9.17) is 22.1 Å². The lowest BCUT2D eigenvalue weighted by atomic mass is 9.97. The third kappa shape index (κ3) is 3.36. The highest BCUT2D eigenvalue weighted by molar-refractivity contribution is 6.32. The predicted molar refractivity (Wildman–Crippen MR) is 71.8 cm³/mol. The molecule has 2 N–H and O–H groups in total. The molecule has 0 heterocycles. The SMILES string of the molecule is CC(CCN)c1cccc(OCC2CC2)c1Cl. The maximum absolute atomic E-state index is 6.38. The van der Waals surface area contributed by atoms with Gasteiger partial charge in [-0.1, -0.05) is 30.7 Å². The van der Waals surface area contributed by atoms with Crippen LogP contribution in [0.15, 0.2) is 18.2 Å². The lowest BCUT2D eigenvalue weighted by Crippen LogP contribution is -2.06. The lowest BCUT2D eigenvalue weighted by molar-refractivity contribution is 0.299. The first-order valence-electron chi connectivity index (χ1n) is 6.33. The number of rotatable bonds is 6. The van der Waals surface area contributed by atoms with Gasteiger partial charge in [0, 0.05) is 0 Å². The van der Waals surface area contributed by atoms with Gasteiger partial charge < -0.3 is 10.5 Å². The fraction of sp³-hybridized carbons (Fsp3) is 0.571. The van der Waals surface area contributed by atoms with Gasteiger partial charge in [-0.05, 0) is 49.3 Å². The smallest absolute Gasteiger partial charge is 0.138 e. The summed E-state index contributed by atoms with van der Waals surface area (Å²) in [5.41, 5.74) is 6.73. The van der Waals surface area contributed by atoms with Crippen molar-refractivity contribution in [3.8, 4) is 5.75 Å². The zero-order valence-electron chi connectivity index (χ0n) is 10.3. The summed E-state index contributed by atoms with van der Waals surface area (Å²) >= 11 is 6.38. The predicted octanol–water partition coefficient (Wildman–Crippen LogP) is 3.58. The van der Waals surface area contributed by atoms with E-state index in [0.717, 1.165) is 35.3 Å². The van der Waals surface area contributed by atoms with Gasteiger partial charge in [0.05, 0.1) is 11.6 Å². The fourth-order valence-electron chi connectivity index (χ4n) is 1.92. The van der Waals surface area contributed by atoms with Crippen molar-refractivity contribution in [3.63, 3.8) is 0 Å². The molecule has 94 valence electrons. The molecule has 2 nitrogen and oxygen atoms in total. The summed E-state index contributed by atoms with van der Waals surface area (Å²) in [4.78, 5) is 0. The van der Waals surface area contributed by atoms with Crippen molar-refractivity contribution < 1.29 is 4.74 Å². The first-order valence-corrected chi connectivity index (χ1v) is 6.71. The van der Waals surface area contributed by atoms with Crippen LogP contribution in [-0.2, 0) is 0 Å². The summed E-state index contributed by atoms with van der Waals surface area (Å²) < 4.78 is 5.77. The summed E-state index contributed by atoms with van der Waals surface area (Å²) in [5, 5.41) is 0.758. The van der Waals surface area contributed by atoms with Gasteiger partial charge in [0.2, 0.25) is 0 Å². The van der Waals surface area contributed by atoms with Gasteiger partial charge in [0.1, 0.15) is 5.75 Å². The first-order chi connectivity index (χ1) is 8.22. The number of benzene rings is 1. The molecule has 0 amide bonds. The van der Waals surface area contributed by atoms with Crippen molar-refractivity contribution in [1.29, 1.82) is 0 Å². The molecule has 1 aromatic carbocycles. The lowest BCUT2D eigenvalue weighted by Gasteiger charge is -2.15. The van der Waals surface area contributed by atoms with Gasteiger partial charge >= 0.3 is 0 Å². The molecule has 0 bridgehead atoms. The normalized spacial score (nSPS) is 16.9. The molecule has 0 aromatic heterocycles. The Balaban J connectivity index is 2.07. The summed E-state index contributed by atoms with van der Waals surface area (Å²) in [7, 11) is 0. The molecular formula is C14H20ClNO. The maximum Gasteiger partial charge on any atom is 0.138 e. The van der Waals surface area contributed by atoms with E-state index in [0.29, 0.717) is 12.5 Å². The largest absolute Gasteiger partial charge is 0.492 e. The van der Waals surface area contributed by atoms with E-state index in [1.165, 1.54) is 12.8 Å². The van der Waals surface area contributed by atoms with Crippen LogP contribution < -0.4 is 10.5 Å². The monoisotopic (exact) mass is 253 g/mol. The zero-order valence-corrected chi connectivity index (χ0v) is 11.0. The van der Waals surface area contributed by atoms with Crippen molar-refractivity contribution in [1.82, 2.24) is 0 Å². The van der Waals surface area contributed by atoms with Crippen molar-refractivity contribution in [3.05, 3.63) is 28.8 Å². The van der Waals surface area contributed by atoms with E-state index < -0.39 is 0 Å². The van der Waals surface area contributed by atoms with Crippen LogP contribution in [0.2, 0.25) is 5.02 Å². The third-order valence-corrected chi connectivity index (χ3v) is 3.70. The van der Waals surface area contributed by atoms with Crippen molar-refractivity contribution in [2.45, 2.75) is 32.1 Å². The standard InChI is InChI=1S/C14H20ClNO/c1-10(7-8-16)12-3-2-4-13(14(12)15)17-9-11-5-6-11/h2-4,10-11H,5-9,16H2,1H3. The Morgan fingerprint density at radius 1 is 1.47 bits per heavy atom. The summed E-state index contributed by atoms with van der Waals surface area (Å²) in [6.45, 7) is 3.64. The second-order valence-electron chi connectivity index (χ2n) is 4.89. The van der Waals surface area contributed by atoms with E-state index in [1.54, 1.807) is 0 Å².